The fourth-order valence-corrected chi connectivity index (χ4v) is 5.71. The number of primary amides is 2. The number of halogens is 1. The van der Waals surface area contributed by atoms with Crippen LogP contribution in [-0.2, 0) is 26.7 Å². The molecule has 1 saturated carbocycles. The number of sulfonamides is 1. The number of nitrogens with one attached hydrogen (secondary N) is 5. The van der Waals surface area contributed by atoms with E-state index in [1.807, 2.05) is 0 Å². The van der Waals surface area contributed by atoms with Crippen molar-refractivity contribution in [3.63, 3.8) is 0 Å². The molecule has 44 heavy (non-hydrogen) atoms. The van der Waals surface area contributed by atoms with Gasteiger partial charge in [-0.1, -0.05) is 43.0 Å². The monoisotopic (exact) mass is 675 g/mol. The summed E-state index contributed by atoms with van der Waals surface area (Å²) in [6, 6.07) is 7.68. The lowest BCUT2D eigenvalue weighted by Crippen LogP contribution is -2.46. The van der Waals surface area contributed by atoms with E-state index in [1.54, 1.807) is 24.3 Å². The number of ether oxygens (including phenoxy) is 1. The van der Waals surface area contributed by atoms with Gasteiger partial charge >= 0.3 is 28.3 Å². The first-order valence-corrected chi connectivity index (χ1v) is 16.4. The summed E-state index contributed by atoms with van der Waals surface area (Å²) in [5.74, 6) is 0.105. The van der Waals surface area contributed by atoms with Crippen molar-refractivity contribution in [3.05, 3.63) is 58.6 Å². The predicted octanol–water partition coefficient (Wildman–Crippen LogP) is 1.21. The maximum Gasteiger partial charge on any atom is 0.328 e. The fourth-order valence-electron chi connectivity index (χ4n) is 4.04. The van der Waals surface area contributed by atoms with Crippen molar-refractivity contribution in [3.8, 4) is 5.75 Å². The molecule has 0 unspecified atom stereocenters. The molecule has 2 aromatic carbocycles. The molecule has 0 heterocycles. The van der Waals surface area contributed by atoms with E-state index in [-0.39, 0.29) is 16.8 Å². The Morgan fingerprint density at radius 3 is 2.02 bits per heavy atom. The van der Waals surface area contributed by atoms with E-state index in [9.17, 15) is 36.0 Å². The fraction of sp³-hybridized carbons (Fsp3) is 0.360. The van der Waals surface area contributed by atoms with Crippen molar-refractivity contribution < 1.29 is 40.8 Å². The number of amides is 7. The summed E-state index contributed by atoms with van der Waals surface area (Å²) in [6.45, 7) is 0.336. The molecule has 242 valence electrons. The van der Waals surface area contributed by atoms with Crippen molar-refractivity contribution in [2.75, 3.05) is 13.7 Å². The highest BCUT2D eigenvalue weighted by Crippen LogP contribution is 2.22. The van der Waals surface area contributed by atoms with Crippen molar-refractivity contribution in [1.82, 2.24) is 24.8 Å². The van der Waals surface area contributed by atoms with Crippen LogP contribution in [0.3, 0.4) is 0 Å². The first kappa shape index (κ1) is 35.9. The Morgan fingerprint density at radius 2 is 1.48 bits per heavy atom. The van der Waals surface area contributed by atoms with E-state index in [2.05, 4.69) is 26.8 Å². The molecular weight excluding hydrogens is 642 g/mol. The van der Waals surface area contributed by atoms with Crippen molar-refractivity contribution in [2.24, 2.45) is 11.5 Å². The largest absolute Gasteiger partial charge is 0.496 e. The van der Waals surface area contributed by atoms with Crippen LogP contribution in [-0.4, -0.2) is 60.5 Å². The summed E-state index contributed by atoms with van der Waals surface area (Å²) >= 11 is 5.96. The molecule has 0 atom stereocenters. The van der Waals surface area contributed by atoms with E-state index >= 15 is 0 Å². The third-order valence-electron chi connectivity index (χ3n) is 5.98. The number of hydrogen-bond donors (Lipinski definition) is 7. The molecule has 0 spiro atoms. The lowest BCUT2D eigenvalue weighted by molar-refractivity contribution is 0.0951. The Bertz CT molecular complexity index is 1530. The number of carbonyl (C=O) groups is 4. The summed E-state index contributed by atoms with van der Waals surface area (Å²) in [6.07, 6.45) is 5.43. The van der Waals surface area contributed by atoms with Gasteiger partial charge in [-0.15, -0.1) is 0 Å². The van der Waals surface area contributed by atoms with Crippen LogP contribution in [0.25, 0.3) is 0 Å². The van der Waals surface area contributed by atoms with Crippen LogP contribution < -0.4 is 41.0 Å². The smallest absolute Gasteiger partial charge is 0.328 e. The minimum Gasteiger partial charge on any atom is -0.496 e. The maximum atomic E-state index is 12.5. The van der Waals surface area contributed by atoms with Crippen LogP contribution in [0.15, 0.2) is 47.4 Å². The van der Waals surface area contributed by atoms with Gasteiger partial charge in [0.2, 0.25) is 0 Å². The molecule has 0 aliphatic heterocycles. The zero-order valence-electron chi connectivity index (χ0n) is 23.6. The number of hydrogen-bond acceptors (Lipinski definition) is 9. The zero-order valence-corrected chi connectivity index (χ0v) is 26.0. The molecule has 9 N–H and O–H groups in total. The molecule has 3 rings (SSSR count). The average molecular weight is 676 g/mol. The molecular formula is C25H34ClN7O9S2. The topological polar surface area (TPSA) is 258 Å². The average Bonchev–Trinajstić information content (AvgIpc) is 2.92. The maximum absolute atomic E-state index is 12.5. The number of rotatable bonds is 10. The van der Waals surface area contributed by atoms with Crippen molar-refractivity contribution in [1.29, 1.82) is 0 Å². The molecule has 19 heteroatoms. The molecule has 0 aromatic heterocycles. The van der Waals surface area contributed by atoms with Crippen molar-refractivity contribution >= 4 is 55.8 Å². The minimum absolute atomic E-state index is 0.00209. The summed E-state index contributed by atoms with van der Waals surface area (Å²) in [7, 11) is -6.72. The molecule has 2 aromatic rings. The Balaban J connectivity index is 0.000000523. The van der Waals surface area contributed by atoms with Gasteiger partial charge in [0.25, 0.3) is 15.9 Å². The molecule has 0 bridgehead atoms. The molecule has 7 amide bonds. The van der Waals surface area contributed by atoms with Crippen LogP contribution in [0.1, 0.15) is 48.0 Å². The lowest BCUT2D eigenvalue weighted by Gasteiger charge is -2.22. The van der Waals surface area contributed by atoms with Gasteiger partial charge in [-0.3, -0.25) is 4.79 Å². The predicted molar refractivity (Wildman–Crippen MR) is 161 cm³/mol. The van der Waals surface area contributed by atoms with Crippen molar-refractivity contribution in [2.45, 2.75) is 49.5 Å². The number of benzene rings is 2. The molecule has 0 radical (unpaired) electrons. The number of carbonyl (C=O) groups excluding carboxylic acids is 4. The second-order valence-electron chi connectivity index (χ2n) is 9.34. The van der Waals surface area contributed by atoms with Gasteiger partial charge in [0.05, 0.1) is 17.6 Å². The van der Waals surface area contributed by atoms with E-state index < -0.39 is 38.3 Å². The molecule has 1 aliphatic carbocycles. The highest BCUT2D eigenvalue weighted by atomic mass is 35.5. The third kappa shape index (κ3) is 12.5. The molecule has 0 saturated heterocycles. The van der Waals surface area contributed by atoms with E-state index in [0.717, 1.165) is 37.7 Å². The van der Waals surface area contributed by atoms with Gasteiger partial charge in [0.1, 0.15) is 5.75 Å². The zero-order chi connectivity index (χ0) is 32.9. The van der Waals surface area contributed by atoms with E-state index in [0.29, 0.717) is 29.3 Å². The second kappa shape index (κ2) is 16.5. The Kier molecular flexibility index (Phi) is 13.5. The van der Waals surface area contributed by atoms with Crippen LogP contribution in [0.4, 0.5) is 14.4 Å². The quantitative estimate of drug-likeness (QED) is 0.191. The summed E-state index contributed by atoms with van der Waals surface area (Å²) in [5, 5.41) is 5.96. The SMILES string of the molecule is COc1ccc(Cl)cc1C(=O)NCCc1ccc(S(=O)(=O)NC(=O)NC2CCCCC2)cc1.NC(=O)NS(=O)(=O)NC(N)=O. The van der Waals surface area contributed by atoms with Gasteiger partial charge in [0, 0.05) is 17.6 Å². The second-order valence-corrected chi connectivity index (χ2v) is 12.9. The van der Waals surface area contributed by atoms with Crippen LogP contribution in [0.2, 0.25) is 5.02 Å². The van der Waals surface area contributed by atoms with Gasteiger partial charge in [-0.25, -0.2) is 37.0 Å². The van der Waals surface area contributed by atoms with E-state index in [1.165, 1.54) is 34.8 Å². The standard InChI is InChI=1S/C23H28ClN3O5S.C2H6N4O4S/c1-32-21-12-9-17(24)15-20(21)22(28)25-14-13-16-7-10-19(11-8-16)33(30,31)27-23(29)26-18-5-3-2-4-6-18;3-1(7)5-11(9,10)6-2(4)8/h7-12,15,18H,2-6,13-14H2,1H3,(H,25,28)(H2,26,27,29);(H3,3,5,7)(H3,4,6,8). The molecule has 1 fully saturated rings. The highest BCUT2D eigenvalue weighted by Gasteiger charge is 2.21. The van der Waals surface area contributed by atoms with Crippen LogP contribution >= 0.6 is 11.6 Å². The van der Waals surface area contributed by atoms with Crippen LogP contribution in [0, 0.1) is 0 Å². The first-order valence-electron chi connectivity index (χ1n) is 13.1. The van der Waals surface area contributed by atoms with Gasteiger partial charge in [-0.05, 0) is 55.2 Å². The molecule has 1 aliphatic rings. The Morgan fingerprint density at radius 1 is 0.886 bits per heavy atom. The normalized spacial score (nSPS) is 13.3. The summed E-state index contributed by atoms with van der Waals surface area (Å²) in [4.78, 5) is 44.4. The highest BCUT2D eigenvalue weighted by molar-refractivity contribution is 7.90. The number of nitrogens with two attached hydrogens (primary N) is 2. The van der Waals surface area contributed by atoms with Gasteiger partial charge < -0.3 is 26.8 Å². The summed E-state index contributed by atoms with van der Waals surface area (Å²) in [5.41, 5.74) is 10.0. The van der Waals surface area contributed by atoms with E-state index in [4.69, 9.17) is 16.3 Å². The molecule has 16 nitrogen and oxygen atoms in total. The number of urea groups is 3. The Hall–Kier alpha value is -4.29. The van der Waals surface area contributed by atoms with Crippen LogP contribution in [0.5, 0.6) is 5.75 Å². The Labute approximate surface area is 259 Å². The van der Waals surface area contributed by atoms with Gasteiger partial charge in [-0.2, -0.15) is 8.42 Å². The van der Waals surface area contributed by atoms with Gasteiger partial charge in [0.15, 0.2) is 0 Å². The number of methoxy groups -OCH3 is 1. The minimum atomic E-state index is -4.23. The third-order valence-corrected chi connectivity index (χ3v) is 8.50. The first-order chi connectivity index (χ1) is 20.6. The lowest BCUT2D eigenvalue weighted by atomic mass is 9.96. The summed E-state index contributed by atoms with van der Waals surface area (Å²) < 4.78 is 55.6.